The molecule has 0 saturated carbocycles. The fraction of sp³-hybridized carbons (Fsp3) is 0.0769. The van der Waals surface area contributed by atoms with Crippen LogP contribution in [-0.2, 0) is 11.3 Å². The maximum Gasteiger partial charge on any atom is 0.341 e. The molecule has 0 bridgehead atoms. The number of hydrogen-bond donors (Lipinski definition) is 0. The van der Waals surface area contributed by atoms with E-state index in [0.29, 0.717) is 15.2 Å². The minimum absolute atomic E-state index is 0.206. The molecule has 0 fully saturated rings. The Balaban J connectivity index is 2.01. The monoisotopic (exact) mass is 325 g/mol. The SMILES string of the molecule is O=C(OCc1ccc(Cl)cc1)c1cccnc1Br. The summed E-state index contributed by atoms with van der Waals surface area (Å²) in [4.78, 5) is 15.8. The van der Waals surface area contributed by atoms with E-state index in [1.807, 2.05) is 12.1 Å². The van der Waals surface area contributed by atoms with Gasteiger partial charge in [-0.3, -0.25) is 0 Å². The number of nitrogens with zero attached hydrogens (tertiary/aromatic N) is 1. The van der Waals surface area contributed by atoms with Crippen LogP contribution in [-0.4, -0.2) is 11.0 Å². The Hall–Kier alpha value is -1.39. The second-order valence-corrected chi connectivity index (χ2v) is 4.73. The van der Waals surface area contributed by atoms with Crippen molar-refractivity contribution >= 4 is 33.5 Å². The fourth-order valence-corrected chi connectivity index (χ4v) is 1.88. The molecule has 92 valence electrons. The Kier molecular flexibility index (Phi) is 4.33. The van der Waals surface area contributed by atoms with Gasteiger partial charge in [0.2, 0.25) is 0 Å². The van der Waals surface area contributed by atoms with Gasteiger partial charge in [0.25, 0.3) is 0 Å². The first kappa shape index (κ1) is 13.1. The highest BCUT2D eigenvalue weighted by atomic mass is 79.9. The first-order valence-corrected chi connectivity index (χ1v) is 6.36. The summed E-state index contributed by atoms with van der Waals surface area (Å²) in [6.45, 7) is 0.206. The predicted molar refractivity (Wildman–Crippen MR) is 72.5 cm³/mol. The summed E-state index contributed by atoms with van der Waals surface area (Å²) < 4.78 is 5.66. The minimum Gasteiger partial charge on any atom is -0.457 e. The number of benzene rings is 1. The van der Waals surface area contributed by atoms with Gasteiger partial charge in [-0.05, 0) is 45.8 Å². The van der Waals surface area contributed by atoms with E-state index in [2.05, 4.69) is 20.9 Å². The number of ether oxygens (including phenoxy) is 1. The van der Waals surface area contributed by atoms with Crippen LogP contribution in [0, 0.1) is 0 Å². The normalized spacial score (nSPS) is 10.1. The summed E-state index contributed by atoms with van der Waals surface area (Å²) >= 11 is 8.97. The second-order valence-electron chi connectivity index (χ2n) is 3.54. The lowest BCUT2D eigenvalue weighted by Crippen LogP contribution is -2.06. The topological polar surface area (TPSA) is 39.2 Å². The lowest BCUT2D eigenvalue weighted by atomic mass is 10.2. The van der Waals surface area contributed by atoms with E-state index in [9.17, 15) is 4.79 Å². The zero-order chi connectivity index (χ0) is 13.0. The molecule has 0 radical (unpaired) electrons. The van der Waals surface area contributed by atoms with E-state index in [1.165, 1.54) is 0 Å². The largest absolute Gasteiger partial charge is 0.457 e. The van der Waals surface area contributed by atoms with Crippen LogP contribution in [0.1, 0.15) is 15.9 Å². The smallest absolute Gasteiger partial charge is 0.341 e. The third-order valence-electron chi connectivity index (χ3n) is 2.26. The Bertz CT molecular complexity index is 557. The van der Waals surface area contributed by atoms with Gasteiger partial charge in [0.05, 0.1) is 5.56 Å². The van der Waals surface area contributed by atoms with Crippen molar-refractivity contribution in [1.29, 1.82) is 0 Å². The molecule has 1 aromatic heterocycles. The number of carbonyl (C=O) groups excluding carboxylic acids is 1. The van der Waals surface area contributed by atoms with Crippen molar-refractivity contribution in [3.05, 3.63) is 63.3 Å². The highest BCUT2D eigenvalue weighted by Crippen LogP contribution is 2.15. The van der Waals surface area contributed by atoms with Gasteiger partial charge in [-0.15, -0.1) is 0 Å². The molecular formula is C13H9BrClNO2. The van der Waals surface area contributed by atoms with E-state index < -0.39 is 5.97 Å². The molecular weight excluding hydrogens is 318 g/mol. The number of hydrogen-bond acceptors (Lipinski definition) is 3. The highest BCUT2D eigenvalue weighted by molar-refractivity contribution is 9.10. The van der Waals surface area contributed by atoms with Gasteiger partial charge >= 0.3 is 5.97 Å². The molecule has 3 nitrogen and oxygen atoms in total. The number of halogens is 2. The molecule has 0 N–H and O–H groups in total. The lowest BCUT2D eigenvalue weighted by Gasteiger charge is -2.05. The summed E-state index contributed by atoms with van der Waals surface area (Å²) in [5.41, 5.74) is 1.29. The maximum atomic E-state index is 11.8. The molecule has 2 rings (SSSR count). The molecule has 0 spiro atoms. The zero-order valence-electron chi connectivity index (χ0n) is 9.27. The van der Waals surface area contributed by atoms with Crippen molar-refractivity contribution < 1.29 is 9.53 Å². The minimum atomic E-state index is -0.412. The molecule has 0 atom stereocenters. The molecule has 0 amide bonds. The average Bonchev–Trinajstić information content (AvgIpc) is 2.38. The van der Waals surface area contributed by atoms with Gasteiger partial charge in [-0.1, -0.05) is 23.7 Å². The number of carbonyl (C=O) groups is 1. The molecule has 1 aromatic carbocycles. The van der Waals surface area contributed by atoms with E-state index in [-0.39, 0.29) is 6.61 Å². The lowest BCUT2D eigenvalue weighted by molar-refractivity contribution is 0.0471. The number of esters is 1. The molecule has 2 aromatic rings. The van der Waals surface area contributed by atoms with Crippen LogP contribution in [0.2, 0.25) is 5.02 Å². The molecule has 5 heteroatoms. The van der Waals surface area contributed by atoms with Crippen LogP contribution < -0.4 is 0 Å². The third-order valence-corrected chi connectivity index (χ3v) is 3.15. The first-order valence-electron chi connectivity index (χ1n) is 5.19. The molecule has 0 aliphatic carbocycles. The Morgan fingerprint density at radius 3 is 2.67 bits per heavy atom. The van der Waals surface area contributed by atoms with Crippen molar-refractivity contribution in [2.45, 2.75) is 6.61 Å². The van der Waals surface area contributed by atoms with Crippen LogP contribution in [0.15, 0.2) is 47.2 Å². The fourth-order valence-electron chi connectivity index (χ4n) is 1.35. The van der Waals surface area contributed by atoms with Crippen LogP contribution in [0.5, 0.6) is 0 Å². The van der Waals surface area contributed by atoms with Gasteiger partial charge in [-0.25, -0.2) is 9.78 Å². The average molecular weight is 327 g/mol. The summed E-state index contributed by atoms with van der Waals surface area (Å²) in [6, 6.07) is 10.5. The van der Waals surface area contributed by atoms with E-state index in [0.717, 1.165) is 5.56 Å². The number of pyridine rings is 1. The molecule has 0 aliphatic heterocycles. The molecule has 1 heterocycles. The number of aromatic nitrogens is 1. The molecule has 0 aliphatic rings. The van der Waals surface area contributed by atoms with Crippen molar-refractivity contribution in [1.82, 2.24) is 4.98 Å². The van der Waals surface area contributed by atoms with Crippen LogP contribution in [0.25, 0.3) is 0 Å². The van der Waals surface area contributed by atoms with E-state index >= 15 is 0 Å². The summed E-state index contributed by atoms with van der Waals surface area (Å²) in [7, 11) is 0. The zero-order valence-corrected chi connectivity index (χ0v) is 11.6. The van der Waals surface area contributed by atoms with E-state index in [1.54, 1.807) is 30.5 Å². The Morgan fingerprint density at radius 2 is 2.00 bits per heavy atom. The van der Waals surface area contributed by atoms with Crippen LogP contribution in [0.3, 0.4) is 0 Å². The Labute approximate surface area is 118 Å². The summed E-state index contributed by atoms with van der Waals surface area (Å²) in [6.07, 6.45) is 1.60. The molecule has 0 unspecified atom stereocenters. The third kappa shape index (κ3) is 3.31. The maximum absolute atomic E-state index is 11.8. The van der Waals surface area contributed by atoms with Gasteiger partial charge in [0, 0.05) is 11.2 Å². The molecule has 18 heavy (non-hydrogen) atoms. The van der Waals surface area contributed by atoms with Gasteiger partial charge in [0.1, 0.15) is 11.2 Å². The summed E-state index contributed by atoms with van der Waals surface area (Å²) in [5, 5.41) is 0.653. The second kappa shape index (κ2) is 5.98. The van der Waals surface area contributed by atoms with Crippen molar-refractivity contribution in [3.8, 4) is 0 Å². The van der Waals surface area contributed by atoms with Crippen LogP contribution >= 0.6 is 27.5 Å². The Morgan fingerprint density at radius 1 is 1.28 bits per heavy atom. The van der Waals surface area contributed by atoms with Gasteiger partial charge in [0.15, 0.2) is 0 Å². The first-order chi connectivity index (χ1) is 8.66. The number of rotatable bonds is 3. The molecule has 0 saturated heterocycles. The van der Waals surface area contributed by atoms with E-state index in [4.69, 9.17) is 16.3 Å². The summed E-state index contributed by atoms with van der Waals surface area (Å²) in [5.74, 6) is -0.412. The van der Waals surface area contributed by atoms with Crippen molar-refractivity contribution in [2.75, 3.05) is 0 Å². The van der Waals surface area contributed by atoms with Crippen LogP contribution in [0.4, 0.5) is 0 Å². The highest BCUT2D eigenvalue weighted by Gasteiger charge is 2.11. The standard InChI is InChI=1S/C13H9BrClNO2/c14-12-11(2-1-7-16-12)13(17)18-8-9-3-5-10(15)6-4-9/h1-7H,8H2. The van der Waals surface area contributed by atoms with Gasteiger partial charge < -0.3 is 4.74 Å². The van der Waals surface area contributed by atoms with Crippen molar-refractivity contribution in [3.63, 3.8) is 0 Å². The van der Waals surface area contributed by atoms with Crippen molar-refractivity contribution in [2.24, 2.45) is 0 Å². The predicted octanol–water partition coefficient (Wildman–Crippen LogP) is 3.85. The quantitative estimate of drug-likeness (QED) is 0.635. The van der Waals surface area contributed by atoms with Gasteiger partial charge in [-0.2, -0.15) is 0 Å².